The Kier molecular flexibility index (Phi) is 2.02. The summed E-state index contributed by atoms with van der Waals surface area (Å²) in [5.74, 6) is 6.18. The Hall–Kier alpha value is -1.35. The summed E-state index contributed by atoms with van der Waals surface area (Å²) in [5, 5.41) is 0. The number of benzene rings is 1. The number of amidine groups is 1. The van der Waals surface area contributed by atoms with Crippen molar-refractivity contribution in [3.05, 3.63) is 29.3 Å². The fourth-order valence-corrected chi connectivity index (χ4v) is 1.58. The second kappa shape index (κ2) is 3.18. The van der Waals surface area contributed by atoms with Gasteiger partial charge in [-0.1, -0.05) is 17.7 Å². The molecule has 0 bridgehead atoms. The van der Waals surface area contributed by atoms with Crippen LogP contribution in [-0.4, -0.2) is 5.84 Å². The number of rotatable bonds is 0. The summed E-state index contributed by atoms with van der Waals surface area (Å²) in [6.45, 7) is 2.10. The number of nitrogens with zero attached hydrogens (tertiary/aromatic N) is 1. The fourth-order valence-electron chi connectivity index (χ4n) is 1.58. The average Bonchev–Trinajstić information content (AvgIpc) is 2.17. The molecule has 1 heterocycles. The van der Waals surface area contributed by atoms with Crippen LogP contribution in [-0.2, 0) is 6.42 Å². The highest BCUT2D eigenvalue weighted by molar-refractivity contribution is 5.86. The van der Waals surface area contributed by atoms with Crippen LogP contribution in [0.4, 0.5) is 5.69 Å². The minimum atomic E-state index is 0.872. The van der Waals surface area contributed by atoms with E-state index in [2.05, 4.69) is 29.5 Å². The SMILES string of the molecule is Cc1ccc2c(c1)CCC(NN)=N2. The van der Waals surface area contributed by atoms with Gasteiger partial charge in [0.05, 0.1) is 5.69 Å². The minimum Gasteiger partial charge on any atom is -0.312 e. The molecule has 0 atom stereocenters. The first-order valence-electron chi connectivity index (χ1n) is 4.43. The molecule has 0 spiro atoms. The predicted molar refractivity (Wildman–Crippen MR) is 53.9 cm³/mol. The predicted octanol–water partition coefficient (Wildman–Crippen LogP) is 1.43. The molecule has 0 amide bonds. The van der Waals surface area contributed by atoms with E-state index in [-0.39, 0.29) is 0 Å². The molecule has 68 valence electrons. The molecule has 1 aliphatic rings. The van der Waals surface area contributed by atoms with E-state index < -0.39 is 0 Å². The summed E-state index contributed by atoms with van der Waals surface area (Å²) in [5.41, 5.74) is 6.26. The molecule has 1 aliphatic heterocycles. The summed E-state index contributed by atoms with van der Waals surface area (Å²) in [6, 6.07) is 6.30. The Morgan fingerprint density at radius 1 is 1.38 bits per heavy atom. The summed E-state index contributed by atoms with van der Waals surface area (Å²) < 4.78 is 0. The molecule has 0 unspecified atom stereocenters. The van der Waals surface area contributed by atoms with E-state index in [0.29, 0.717) is 0 Å². The van der Waals surface area contributed by atoms with E-state index in [1.807, 2.05) is 6.07 Å². The Morgan fingerprint density at radius 2 is 2.23 bits per heavy atom. The van der Waals surface area contributed by atoms with Crippen LogP contribution >= 0.6 is 0 Å². The summed E-state index contributed by atoms with van der Waals surface area (Å²) >= 11 is 0. The van der Waals surface area contributed by atoms with Crippen molar-refractivity contribution in [1.29, 1.82) is 0 Å². The Morgan fingerprint density at radius 3 is 3.00 bits per heavy atom. The van der Waals surface area contributed by atoms with E-state index >= 15 is 0 Å². The Bertz CT molecular complexity index is 355. The van der Waals surface area contributed by atoms with Crippen LogP contribution in [0, 0.1) is 6.92 Å². The lowest BCUT2D eigenvalue weighted by Crippen LogP contribution is -2.31. The summed E-state index contributed by atoms with van der Waals surface area (Å²) in [7, 11) is 0. The molecule has 0 fully saturated rings. The van der Waals surface area contributed by atoms with Crippen LogP contribution in [0.5, 0.6) is 0 Å². The second-order valence-corrected chi connectivity index (χ2v) is 3.34. The molecular weight excluding hydrogens is 162 g/mol. The van der Waals surface area contributed by atoms with Gasteiger partial charge in [-0.3, -0.25) is 0 Å². The third-order valence-electron chi connectivity index (χ3n) is 2.29. The standard InChI is InChI=1S/C10H13N3/c1-7-2-4-9-8(6-7)3-5-10(12-9)13-11/h2,4,6H,3,5,11H2,1H3,(H,12,13). The first-order valence-corrected chi connectivity index (χ1v) is 4.43. The van der Waals surface area contributed by atoms with Gasteiger partial charge in [0.2, 0.25) is 0 Å². The van der Waals surface area contributed by atoms with Gasteiger partial charge in [0.15, 0.2) is 0 Å². The van der Waals surface area contributed by atoms with Gasteiger partial charge < -0.3 is 5.43 Å². The lowest BCUT2D eigenvalue weighted by atomic mass is 10.0. The van der Waals surface area contributed by atoms with Crippen molar-refractivity contribution < 1.29 is 0 Å². The van der Waals surface area contributed by atoms with Crippen LogP contribution in [0.2, 0.25) is 0 Å². The maximum Gasteiger partial charge on any atom is 0.116 e. The van der Waals surface area contributed by atoms with Gasteiger partial charge in [-0.2, -0.15) is 0 Å². The van der Waals surface area contributed by atoms with Gasteiger partial charge in [-0.25, -0.2) is 10.8 Å². The van der Waals surface area contributed by atoms with Crippen molar-refractivity contribution in [3.8, 4) is 0 Å². The van der Waals surface area contributed by atoms with E-state index in [1.54, 1.807) is 0 Å². The van der Waals surface area contributed by atoms with E-state index in [0.717, 1.165) is 24.4 Å². The smallest absolute Gasteiger partial charge is 0.116 e. The molecular formula is C10H13N3. The zero-order chi connectivity index (χ0) is 9.26. The second-order valence-electron chi connectivity index (χ2n) is 3.34. The zero-order valence-corrected chi connectivity index (χ0v) is 7.67. The molecule has 3 N–H and O–H groups in total. The fraction of sp³-hybridized carbons (Fsp3) is 0.300. The number of hydrogen-bond acceptors (Lipinski definition) is 3. The van der Waals surface area contributed by atoms with E-state index in [1.165, 1.54) is 11.1 Å². The number of hydrazine groups is 1. The zero-order valence-electron chi connectivity index (χ0n) is 7.67. The van der Waals surface area contributed by atoms with Crippen LogP contribution in [0.3, 0.4) is 0 Å². The van der Waals surface area contributed by atoms with Gasteiger partial charge in [0.1, 0.15) is 5.84 Å². The van der Waals surface area contributed by atoms with Crippen molar-refractivity contribution in [2.24, 2.45) is 10.8 Å². The summed E-state index contributed by atoms with van der Waals surface area (Å²) in [4.78, 5) is 4.39. The topological polar surface area (TPSA) is 50.4 Å². The van der Waals surface area contributed by atoms with Crippen molar-refractivity contribution >= 4 is 11.5 Å². The third kappa shape index (κ3) is 1.55. The minimum absolute atomic E-state index is 0.872. The number of nitrogens with two attached hydrogens (primary N) is 1. The Balaban J connectivity index is 2.42. The highest BCUT2D eigenvalue weighted by Crippen LogP contribution is 2.25. The summed E-state index contributed by atoms with van der Waals surface area (Å²) in [6.07, 6.45) is 1.94. The molecule has 3 heteroatoms. The lowest BCUT2D eigenvalue weighted by molar-refractivity contribution is 0.906. The van der Waals surface area contributed by atoms with Crippen LogP contribution in [0.15, 0.2) is 23.2 Å². The highest BCUT2D eigenvalue weighted by atomic mass is 15.2. The van der Waals surface area contributed by atoms with E-state index in [4.69, 9.17) is 5.84 Å². The third-order valence-corrected chi connectivity index (χ3v) is 2.29. The highest BCUT2D eigenvalue weighted by Gasteiger charge is 2.10. The van der Waals surface area contributed by atoms with Crippen molar-refractivity contribution in [2.75, 3.05) is 0 Å². The van der Waals surface area contributed by atoms with Crippen molar-refractivity contribution in [3.63, 3.8) is 0 Å². The van der Waals surface area contributed by atoms with Crippen LogP contribution < -0.4 is 11.3 Å². The molecule has 0 saturated carbocycles. The number of nitrogens with one attached hydrogen (secondary N) is 1. The molecule has 0 aliphatic carbocycles. The average molecular weight is 175 g/mol. The van der Waals surface area contributed by atoms with Crippen molar-refractivity contribution in [1.82, 2.24) is 5.43 Å². The largest absolute Gasteiger partial charge is 0.312 e. The molecule has 13 heavy (non-hydrogen) atoms. The first kappa shape index (κ1) is 8.26. The molecule has 0 saturated heterocycles. The monoisotopic (exact) mass is 175 g/mol. The van der Waals surface area contributed by atoms with E-state index in [9.17, 15) is 0 Å². The van der Waals surface area contributed by atoms with Gasteiger partial charge >= 0.3 is 0 Å². The molecule has 1 aromatic rings. The van der Waals surface area contributed by atoms with Crippen molar-refractivity contribution in [2.45, 2.75) is 19.8 Å². The Labute approximate surface area is 77.6 Å². The number of hydrogen-bond donors (Lipinski definition) is 2. The maximum absolute atomic E-state index is 5.31. The van der Waals surface area contributed by atoms with Crippen LogP contribution in [0.25, 0.3) is 0 Å². The van der Waals surface area contributed by atoms with Gasteiger partial charge in [0.25, 0.3) is 0 Å². The quantitative estimate of drug-likeness (QED) is 0.463. The lowest BCUT2D eigenvalue weighted by Gasteiger charge is -2.14. The first-order chi connectivity index (χ1) is 6.29. The number of aryl methyl sites for hydroxylation is 2. The van der Waals surface area contributed by atoms with Gasteiger partial charge in [-0.05, 0) is 25.0 Å². The van der Waals surface area contributed by atoms with Gasteiger partial charge in [-0.15, -0.1) is 0 Å². The molecule has 3 nitrogen and oxygen atoms in total. The number of fused-ring (bicyclic) bond motifs is 1. The molecule has 1 aromatic carbocycles. The maximum atomic E-state index is 5.31. The van der Waals surface area contributed by atoms with Gasteiger partial charge in [0, 0.05) is 6.42 Å². The van der Waals surface area contributed by atoms with Crippen LogP contribution in [0.1, 0.15) is 17.5 Å². The molecule has 0 radical (unpaired) electrons. The molecule has 0 aromatic heterocycles. The number of aliphatic imine (C=N–C) groups is 1. The molecule has 2 rings (SSSR count). The normalized spacial score (nSPS) is 14.8.